The van der Waals surface area contributed by atoms with Crippen molar-refractivity contribution < 1.29 is 23.5 Å². The predicted molar refractivity (Wildman–Crippen MR) is 190 cm³/mol. The van der Waals surface area contributed by atoms with Gasteiger partial charge in [0.25, 0.3) is 11.8 Å². The number of nitrogens with one attached hydrogen (secondary N) is 3. The second-order valence-corrected chi connectivity index (χ2v) is 12.2. The lowest BCUT2D eigenvalue weighted by molar-refractivity contribution is -0.116. The summed E-state index contributed by atoms with van der Waals surface area (Å²) in [5.41, 5.74) is 1.64. The van der Waals surface area contributed by atoms with Crippen molar-refractivity contribution in [3.05, 3.63) is 160 Å². The van der Waals surface area contributed by atoms with Crippen LogP contribution in [-0.2, 0) is 9.59 Å². The smallest absolute Gasteiger partial charge is 0.272 e. The molecule has 0 saturated carbocycles. The molecule has 1 atom stereocenters. The van der Waals surface area contributed by atoms with E-state index in [-0.39, 0.29) is 22.2 Å². The summed E-state index contributed by atoms with van der Waals surface area (Å²) in [6, 6.07) is 33.5. The summed E-state index contributed by atoms with van der Waals surface area (Å²) in [6.07, 6.45) is 1.19. The summed E-state index contributed by atoms with van der Waals surface area (Å²) < 4.78 is 19.9. The van der Waals surface area contributed by atoms with Crippen LogP contribution in [0.2, 0.25) is 10.0 Å². The van der Waals surface area contributed by atoms with Gasteiger partial charge in [-0.05, 0) is 72.3 Å². The molecular formula is C37H28Cl2FN3O4S. The zero-order chi connectivity index (χ0) is 34.0. The second-order valence-electron chi connectivity index (χ2n) is 10.2. The molecule has 0 saturated heterocycles. The van der Waals surface area contributed by atoms with Crippen molar-refractivity contribution in [2.45, 2.75) is 10.1 Å². The van der Waals surface area contributed by atoms with E-state index in [1.807, 2.05) is 30.3 Å². The standard InChI is InChI=1S/C37H28Cl2FN3O4S/c1-47-33-19-18-26(21-30(33)39)42-37(46)34(23-10-4-2-5-11-23)48-27-15-8-14-25(20-27)41-36(45)32(22-28-29(38)16-9-17-31(28)40)43-35(44)24-12-6-3-7-13-24/h2-22,34H,1H3,(H,41,45)(H,42,46)(H,43,44)/b32-22+. The molecule has 5 aromatic rings. The largest absolute Gasteiger partial charge is 0.495 e. The Morgan fingerprint density at radius 1 is 0.771 bits per heavy atom. The van der Waals surface area contributed by atoms with Gasteiger partial charge < -0.3 is 20.7 Å². The summed E-state index contributed by atoms with van der Waals surface area (Å²) in [7, 11) is 1.51. The number of methoxy groups -OCH3 is 1. The maximum absolute atomic E-state index is 14.7. The average Bonchev–Trinajstić information content (AvgIpc) is 3.09. The number of rotatable bonds is 11. The van der Waals surface area contributed by atoms with Crippen molar-refractivity contribution in [1.82, 2.24) is 5.32 Å². The molecule has 0 aliphatic heterocycles. The molecule has 0 fully saturated rings. The van der Waals surface area contributed by atoms with Gasteiger partial charge in [0.05, 0.1) is 17.2 Å². The Balaban J connectivity index is 1.39. The van der Waals surface area contributed by atoms with Crippen LogP contribution in [0.1, 0.15) is 26.7 Å². The number of anilines is 2. The first-order chi connectivity index (χ1) is 23.2. The van der Waals surface area contributed by atoms with E-state index < -0.39 is 22.9 Å². The van der Waals surface area contributed by atoms with Gasteiger partial charge >= 0.3 is 0 Å². The monoisotopic (exact) mass is 699 g/mol. The molecule has 48 heavy (non-hydrogen) atoms. The Bertz CT molecular complexity index is 1960. The lowest BCUT2D eigenvalue weighted by Crippen LogP contribution is -2.30. The second kappa shape index (κ2) is 16.1. The van der Waals surface area contributed by atoms with Crippen molar-refractivity contribution in [1.29, 1.82) is 0 Å². The van der Waals surface area contributed by atoms with E-state index in [9.17, 15) is 18.8 Å². The van der Waals surface area contributed by atoms with E-state index in [4.69, 9.17) is 27.9 Å². The molecule has 3 amide bonds. The summed E-state index contributed by atoms with van der Waals surface area (Å²) in [5, 5.41) is 8.01. The van der Waals surface area contributed by atoms with E-state index in [0.717, 1.165) is 5.56 Å². The number of benzene rings is 5. The molecule has 5 rings (SSSR count). The van der Waals surface area contributed by atoms with Gasteiger partial charge in [0.2, 0.25) is 5.91 Å². The van der Waals surface area contributed by atoms with Crippen LogP contribution in [0, 0.1) is 5.82 Å². The molecule has 5 aromatic carbocycles. The lowest BCUT2D eigenvalue weighted by Gasteiger charge is -2.18. The molecule has 0 heterocycles. The zero-order valence-corrected chi connectivity index (χ0v) is 27.7. The predicted octanol–water partition coefficient (Wildman–Crippen LogP) is 9.02. The first-order valence-electron chi connectivity index (χ1n) is 14.5. The third kappa shape index (κ3) is 8.83. The quantitative estimate of drug-likeness (QED) is 0.0945. The van der Waals surface area contributed by atoms with E-state index in [1.54, 1.807) is 72.8 Å². The SMILES string of the molecule is COc1ccc(NC(=O)C(Sc2cccc(NC(=O)/C(=C\c3c(F)cccc3Cl)NC(=O)c3ccccc3)c2)c2ccccc2)cc1Cl. The summed E-state index contributed by atoms with van der Waals surface area (Å²) in [4.78, 5) is 40.9. The topological polar surface area (TPSA) is 96.5 Å². The van der Waals surface area contributed by atoms with Gasteiger partial charge in [0, 0.05) is 27.4 Å². The van der Waals surface area contributed by atoms with Crippen LogP contribution < -0.4 is 20.7 Å². The number of hydrogen-bond donors (Lipinski definition) is 3. The van der Waals surface area contributed by atoms with Crippen LogP contribution in [0.5, 0.6) is 5.75 Å². The molecule has 242 valence electrons. The molecular weight excluding hydrogens is 672 g/mol. The van der Waals surface area contributed by atoms with Crippen molar-refractivity contribution in [3.63, 3.8) is 0 Å². The van der Waals surface area contributed by atoms with E-state index in [0.29, 0.717) is 32.6 Å². The first-order valence-corrected chi connectivity index (χ1v) is 16.1. The summed E-state index contributed by atoms with van der Waals surface area (Å²) in [6.45, 7) is 0. The average molecular weight is 701 g/mol. The fraction of sp³-hybridized carbons (Fsp3) is 0.0541. The van der Waals surface area contributed by atoms with Crippen molar-refractivity contribution in [3.8, 4) is 5.75 Å². The Hall–Kier alpha value is -5.09. The van der Waals surface area contributed by atoms with Gasteiger partial charge in [-0.2, -0.15) is 0 Å². The molecule has 0 bridgehead atoms. The zero-order valence-electron chi connectivity index (χ0n) is 25.4. The molecule has 0 aliphatic rings. The van der Waals surface area contributed by atoms with Crippen molar-refractivity contribution in [2.24, 2.45) is 0 Å². The summed E-state index contributed by atoms with van der Waals surface area (Å²) in [5.74, 6) is -1.75. The van der Waals surface area contributed by atoms with E-state index in [2.05, 4.69) is 16.0 Å². The molecule has 7 nitrogen and oxygen atoms in total. The normalized spacial score (nSPS) is 11.7. The Morgan fingerprint density at radius 3 is 2.15 bits per heavy atom. The lowest BCUT2D eigenvalue weighted by atomic mass is 10.1. The molecule has 3 N–H and O–H groups in total. The number of thioether (sulfide) groups is 1. The maximum atomic E-state index is 14.7. The highest BCUT2D eigenvalue weighted by Crippen LogP contribution is 2.38. The highest BCUT2D eigenvalue weighted by Gasteiger charge is 2.23. The first kappa shape index (κ1) is 34.3. The van der Waals surface area contributed by atoms with Gasteiger partial charge in [-0.25, -0.2) is 4.39 Å². The Kier molecular flexibility index (Phi) is 11.5. The van der Waals surface area contributed by atoms with Crippen LogP contribution in [0.25, 0.3) is 6.08 Å². The van der Waals surface area contributed by atoms with Crippen LogP contribution in [0.4, 0.5) is 15.8 Å². The molecule has 0 aliphatic carbocycles. The maximum Gasteiger partial charge on any atom is 0.272 e. The van der Waals surface area contributed by atoms with Crippen LogP contribution in [-0.4, -0.2) is 24.8 Å². The number of ether oxygens (including phenoxy) is 1. The van der Waals surface area contributed by atoms with Gasteiger partial charge in [-0.1, -0.05) is 83.9 Å². The van der Waals surface area contributed by atoms with Gasteiger partial charge in [-0.15, -0.1) is 11.8 Å². The molecule has 1 unspecified atom stereocenters. The number of hydrogen-bond acceptors (Lipinski definition) is 5. The minimum absolute atomic E-state index is 0.0585. The Morgan fingerprint density at radius 2 is 1.46 bits per heavy atom. The highest BCUT2D eigenvalue weighted by molar-refractivity contribution is 8.00. The number of carbonyl (C=O) groups is 3. The molecule has 0 radical (unpaired) electrons. The molecule has 11 heteroatoms. The van der Waals surface area contributed by atoms with Crippen molar-refractivity contribution >= 4 is 70.1 Å². The Labute approximate surface area is 291 Å². The number of amides is 3. The number of carbonyl (C=O) groups excluding carboxylic acids is 3. The van der Waals surface area contributed by atoms with Crippen LogP contribution in [0.3, 0.4) is 0 Å². The fourth-order valence-corrected chi connectivity index (χ4v) is 6.13. The fourth-order valence-electron chi connectivity index (χ4n) is 4.57. The van der Waals surface area contributed by atoms with Gasteiger partial charge in [0.15, 0.2) is 0 Å². The van der Waals surface area contributed by atoms with Gasteiger partial charge in [-0.3, -0.25) is 14.4 Å². The number of halogens is 3. The third-order valence-corrected chi connectivity index (χ3v) is 8.80. The molecule has 0 spiro atoms. The van der Waals surface area contributed by atoms with Crippen LogP contribution >= 0.6 is 35.0 Å². The van der Waals surface area contributed by atoms with E-state index in [1.165, 1.54) is 43.1 Å². The van der Waals surface area contributed by atoms with Crippen LogP contribution in [0.15, 0.2) is 132 Å². The highest BCUT2D eigenvalue weighted by atomic mass is 35.5. The van der Waals surface area contributed by atoms with Gasteiger partial charge in [0.1, 0.15) is 22.5 Å². The third-order valence-electron chi connectivity index (χ3n) is 6.92. The minimum Gasteiger partial charge on any atom is -0.495 e. The molecule has 0 aromatic heterocycles. The summed E-state index contributed by atoms with van der Waals surface area (Å²) >= 11 is 13.8. The minimum atomic E-state index is -0.713. The van der Waals surface area contributed by atoms with E-state index >= 15 is 0 Å². The van der Waals surface area contributed by atoms with Crippen molar-refractivity contribution in [2.75, 3.05) is 17.7 Å².